The molecule has 170 valence electrons. The molecule has 0 radical (unpaired) electrons. The maximum atomic E-state index is 13.6. The summed E-state index contributed by atoms with van der Waals surface area (Å²) in [6.45, 7) is 3.60. The number of hydrogen-bond donors (Lipinski definition) is 2. The summed E-state index contributed by atoms with van der Waals surface area (Å²) in [5.41, 5.74) is 4.42. The summed E-state index contributed by atoms with van der Waals surface area (Å²) in [6.07, 6.45) is 4.58. The molecular weight excluding hydrogens is 428 g/mol. The molecule has 0 saturated carbocycles. The molecule has 0 bridgehead atoms. The van der Waals surface area contributed by atoms with Gasteiger partial charge in [-0.3, -0.25) is 15.2 Å². The summed E-state index contributed by atoms with van der Waals surface area (Å²) in [6, 6.07) is 9.14. The highest BCUT2D eigenvalue weighted by Crippen LogP contribution is 2.24. The first kappa shape index (κ1) is 22.3. The fourth-order valence-corrected chi connectivity index (χ4v) is 3.81. The zero-order valence-corrected chi connectivity index (χ0v) is 18.0. The molecule has 1 atom stereocenters. The normalized spacial score (nSPS) is 16.8. The van der Waals surface area contributed by atoms with Crippen molar-refractivity contribution in [3.63, 3.8) is 0 Å². The van der Waals surface area contributed by atoms with Gasteiger partial charge in [-0.15, -0.1) is 0 Å². The van der Waals surface area contributed by atoms with Crippen LogP contribution in [0.15, 0.2) is 47.7 Å². The Hall–Kier alpha value is -3.95. The number of nitrogens with one attached hydrogen (secondary N) is 2. The van der Waals surface area contributed by atoms with E-state index < -0.39 is 11.6 Å². The Balaban J connectivity index is 1.54. The van der Waals surface area contributed by atoms with Crippen molar-refractivity contribution in [3.8, 4) is 0 Å². The molecule has 8 nitrogen and oxygen atoms in total. The lowest BCUT2D eigenvalue weighted by Crippen LogP contribution is -2.40. The molecule has 2 heterocycles. The number of nitrogens with zero attached hydrogens (tertiary/aromatic N) is 5. The van der Waals surface area contributed by atoms with Gasteiger partial charge in [-0.2, -0.15) is 5.10 Å². The quantitative estimate of drug-likeness (QED) is 0.455. The van der Waals surface area contributed by atoms with Crippen LogP contribution in [0, 0.1) is 17.0 Å². The minimum atomic E-state index is -0.965. The molecule has 0 unspecified atom stereocenters. The Bertz CT molecular complexity index is 1220. The predicted octanol–water partition coefficient (Wildman–Crippen LogP) is 3.70. The minimum Gasteiger partial charge on any atom is -0.353 e. The van der Waals surface area contributed by atoms with Crippen LogP contribution in [0.1, 0.15) is 23.7 Å². The third kappa shape index (κ3) is 4.79. The third-order valence-electron chi connectivity index (χ3n) is 5.61. The van der Waals surface area contributed by atoms with E-state index in [4.69, 9.17) is 5.41 Å². The van der Waals surface area contributed by atoms with Gasteiger partial charge in [0.2, 0.25) is 0 Å². The number of para-hydroxylation sites is 1. The highest BCUT2D eigenvalue weighted by Gasteiger charge is 2.27. The molecule has 1 amide bonds. The van der Waals surface area contributed by atoms with E-state index in [9.17, 15) is 13.6 Å². The Labute approximate surface area is 189 Å². The standard InChI is InChI=1S/C23H23F2N7O/c1-15-6-9-31(22-14-27-20-12-17(24)18(25)13-21(20)29-22)10-11-32(15)23(33)16-4-2-3-5-19(16)30-28-8-7-26/h2-5,7-8,12-15,26,30H,6,9-11H2,1H3/b26-7?,28-8-/t15-/m1/s1. The lowest BCUT2D eigenvalue weighted by atomic mass is 10.1. The van der Waals surface area contributed by atoms with E-state index in [1.165, 1.54) is 6.21 Å². The number of hydrazone groups is 1. The lowest BCUT2D eigenvalue weighted by Gasteiger charge is -2.27. The molecule has 3 aromatic rings. The molecule has 1 fully saturated rings. The molecule has 1 aliphatic rings. The molecule has 4 rings (SSSR count). The molecule has 0 aliphatic carbocycles. The summed E-state index contributed by atoms with van der Waals surface area (Å²) in [5.74, 6) is -1.49. The van der Waals surface area contributed by atoms with Crippen molar-refractivity contribution in [2.24, 2.45) is 5.10 Å². The lowest BCUT2D eigenvalue weighted by molar-refractivity contribution is 0.0706. The Morgan fingerprint density at radius 1 is 1.18 bits per heavy atom. The Morgan fingerprint density at radius 3 is 2.73 bits per heavy atom. The van der Waals surface area contributed by atoms with Crippen LogP contribution in [0.4, 0.5) is 20.3 Å². The van der Waals surface area contributed by atoms with Crippen LogP contribution >= 0.6 is 0 Å². The summed E-state index contributed by atoms with van der Waals surface area (Å²) in [7, 11) is 0. The molecule has 1 saturated heterocycles. The number of benzene rings is 2. The fraction of sp³-hybridized carbons (Fsp3) is 0.261. The van der Waals surface area contributed by atoms with Gasteiger partial charge in [0.25, 0.3) is 5.91 Å². The van der Waals surface area contributed by atoms with Crippen molar-refractivity contribution < 1.29 is 13.6 Å². The van der Waals surface area contributed by atoms with Crippen LogP contribution < -0.4 is 10.3 Å². The van der Waals surface area contributed by atoms with Crippen LogP contribution in [0.5, 0.6) is 0 Å². The van der Waals surface area contributed by atoms with E-state index in [0.29, 0.717) is 43.1 Å². The van der Waals surface area contributed by atoms with E-state index in [1.54, 1.807) is 30.5 Å². The van der Waals surface area contributed by atoms with E-state index in [1.807, 2.05) is 16.7 Å². The zero-order valence-electron chi connectivity index (χ0n) is 18.0. The maximum Gasteiger partial charge on any atom is 0.256 e. The first-order valence-electron chi connectivity index (χ1n) is 10.5. The van der Waals surface area contributed by atoms with Crippen molar-refractivity contribution >= 4 is 40.9 Å². The van der Waals surface area contributed by atoms with Gasteiger partial charge in [0, 0.05) is 44.0 Å². The number of halogens is 2. The first-order chi connectivity index (χ1) is 16.0. The van der Waals surface area contributed by atoms with Crippen LogP contribution in [0.3, 0.4) is 0 Å². The molecule has 2 aromatic carbocycles. The van der Waals surface area contributed by atoms with Crippen LogP contribution in [0.2, 0.25) is 0 Å². The second-order valence-electron chi connectivity index (χ2n) is 7.71. The number of aromatic nitrogens is 2. The molecule has 1 aliphatic heterocycles. The summed E-state index contributed by atoms with van der Waals surface area (Å²) in [4.78, 5) is 25.9. The molecule has 33 heavy (non-hydrogen) atoms. The van der Waals surface area contributed by atoms with Crippen LogP contribution in [-0.4, -0.2) is 58.9 Å². The molecule has 2 N–H and O–H groups in total. The monoisotopic (exact) mass is 451 g/mol. The zero-order chi connectivity index (χ0) is 23.4. The van der Waals surface area contributed by atoms with Gasteiger partial charge < -0.3 is 15.2 Å². The largest absolute Gasteiger partial charge is 0.353 e. The van der Waals surface area contributed by atoms with E-state index in [0.717, 1.165) is 18.3 Å². The summed E-state index contributed by atoms with van der Waals surface area (Å²) in [5, 5.41) is 10.9. The van der Waals surface area contributed by atoms with Crippen molar-refractivity contribution in [1.82, 2.24) is 14.9 Å². The average molecular weight is 451 g/mol. The highest BCUT2D eigenvalue weighted by atomic mass is 19.2. The number of rotatable bonds is 5. The number of hydrogen-bond acceptors (Lipinski definition) is 7. The number of carbonyl (C=O) groups is 1. The average Bonchev–Trinajstić information content (AvgIpc) is 3.01. The second kappa shape index (κ2) is 9.68. The van der Waals surface area contributed by atoms with Gasteiger partial charge in [-0.05, 0) is 25.5 Å². The number of amides is 1. The van der Waals surface area contributed by atoms with Gasteiger partial charge in [-0.25, -0.2) is 13.8 Å². The van der Waals surface area contributed by atoms with E-state index in [-0.39, 0.29) is 23.0 Å². The highest BCUT2D eigenvalue weighted by molar-refractivity contribution is 6.14. The van der Waals surface area contributed by atoms with E-state index in [2.05, 4.69) is 20.5 Å². The van der Waals surface area contributed by atoms with Crippen molar-refractivity contribution in [2.45, 2.75) is 19.4 Å². The van der Waals surface area contributed by atoms with Crippen molar-refractivity contribution in [1.29, 1.82) is 5.41 Å². The topological polar surface area (TPSA) is 97.6 Å². The van der Waals surface area contributed by atoms with Gasteiger partial charge in [-0.1, -0.05) is 12.1 Å². The molecule has 0 spiro atoms. The Morgan fingerprint density at radius 2 is 1.94 bits per heavy atom. The molecular formula is C23H23F2N7O. The maximum absolute atomic E-state index is 13.6. The predicted molar refractivity (Wildman–Crippen MR) is 124 cm³/mol. The van der Waals surface area contributed by atoms with Gasteiger partial charge in [0.05, 0.1) is 34.7 Å². The number of carbonyl (C=O) groups excluding carboxylic acids is 1. The van der Waals surface area contributed by atoms with Crippen molar-refractivity contribution in [2.75, 3.05) is 30.0 Å². The summed E-state index contributed by atoms with van der Waals surface area (Å²) >= 11 is 0. The van der Waals surface area contributed by atoms with Gasteiger partial charge in [0.15, 0.2) is 11.6 Å². The van der Waals surface area contributed by atoms with Gasteiger partial charge >= 0.3 is 0 Å². The Kier molecular flexibility index (Phi) is 6.53. The van der Waals surface area contributed by atoms with Crippen LogP contribution in [-0.2, 0) is 0 Å². The first-order valence-corrected chi connectivity index (χ1v) is 10.5. The van der Waals surface area contributed by atoms with Crippen molar-refractivity contribution in [3.05, 3.63) is 59.8 Å². The second-order valence-corrected chi connectivity index (χ2v) is 7.71. The van der Waals surface area contributed by atoms with E-state index >= 15 is 0 Å². The third-order valence-corrected chi connectivity index (χ3v) is 5.61. The SMILES string of the molecule is C[C@@H]1CCN(c2cnc3cc(F)c(F)cc3n2)CCN1C(=O)c1ccccc1N/N=C\C=N. The molecule has 1 aromatic heterocycles. The fourth-order valence-electron chi connectivity index (χ4n) is 3.81. The smallest absolute Gasteiger partial charge is 0.256 e. The van der Waals surface area contributed by atoms with Gasteiger partial charge in [0.1, 0.15) is 5.82 Å². The molecule has 10 heteroatoms. The number of fused-ring (bicyclic) bond motifs is 1. The number of anilines is 2. The van der Waals surface area contributed by atoms with Crippen LogP contribution in [0.25, 0.3) is 11.0 Å². The minimum absolute atomic E-state index is 0.0272. The summed E-state index contributed by atoms with van der Waals surface area (Å²) < 4.78 is 27.1.